The van der Waals surface area contributed by atoms with Gasteiger partial charge in [-0.25, -0.2) is 8.42 Å². The molecule has 4 atom stereocenters. The molecule has 1 fully saturated rings. The van der Waals surface area contributed by atoms with Gasteiger partial charge in [0, 0.05) is 30.7 Å². The molecule has 4 unspecified atom stereocenters. The fourth-order valence-electron chi connectivity index (χ4n) is 5.67. The van der Waals surface area contributed by atoms with Crippen molar-refractivity contribution in [3.63, 3.8) is 0 Å². The maximum absolute atomic E-state index is 13.3. The smallest absolute Gasteiger partial charge is 0.207 e. The third kappa shape index (κ3) is 2.23. The first-order valence-corrected chi connectivity index (χ1v) is 10.9. The van der Waals surface area contributed by atoms with E-state index < -0.39 is 43.4 Å². The molecule has 8 heteroatoms. The Labute approximate surface area is 158 Å². The lowest BCUT2D eigenvalue weighted by molar-refractivity contribution is -0.124. The SMILES string of the molecule is COC1(C)CCC2C1C(O)C1=C(C(=O)C3=C(C1=O)S(=O)(=O)CCN3)C2(C)C. The molecule has 7 nitrogen and oxygen atoms in total. The zero-order valence-electron chi connectivity index (χ0n) is 16.0. The second kappa shape index (κ2) is 5.52. The molecule has 1 heterocycles. The van der Waals surface area contributed by atoms with Gasteiger partial charge in [-0.3, -0.25) is 9.59 Å². The number of sulfone groups is 1. The Bertz CT molecular complexity index is 928. The van der Waals surface area contributed by atoms with Crippen LogP contribution >= 0.6 is 0 Å². The molecule has 4 aliphatic rings. The number of ketones is 2. The number of nitrogens with one attached hydrogen (secondary N) is 1. The first kappa shape index (κ1) is 18.8. The minimum absolute atomic E-state index is 0.0460. The first-order chi connectivity index (χ1) is 12.5. The normalized spacial score (nSPS) is 39.7. The van der Waals surface area contributed by atoms with Crippen molar-refractivity contribution in [3.8, 4) is 0 Å². The minimum Gasteiger partial charge on any atom is -0.388 e. The van der Waals surface area contributed by atoms with Gasteiger partial charge in [-0.2, -0.15) is 0 Å². The number of rotatable bonds is 1. The monoisotopic (exact) mass is 395 g/mol. The highest BCUT2D eigenvalue weighted by Gasteiger charge is 2.62. The number of fused-ring (bicyclic) bond motifs is 1. The van der Waals surface area contributed by atoms with E-state index in [-0.39, 0.29) is 41.0 Å². The number of aliphatic hydroxyl groups excluding tert-OH is 1. The van der Waals surface area contributed by atoms with Gasteiger partial charge in [0.15, 0.2) is 9.84 Å². The number of methoxy groups -OCH3 is 1. The molecule has 1 aliphatic heterocycles. The molecule has 0 spiro atoms. The van der Waals surface area contributed by atoms with Crippen LogP contribution in [0.25, 0.3) is 0 Å². The highest BCUT2D eigenvalue weighted by Crippen LogP contribution is 2.60. The molecule has 27 heavy (non-hydrogen) atoms. The van der Waals surface area contributed by atoms with Crippen molar-refractivity contribution >= 4 is 21.4 Å². The van der Waals surface area contributed by atoms with Crippen LogP contribution in [-0.2, 0) is 24.2 Å². The van der Waals surface area contributed by atoms with E-state index in [0.717, 1.165) is 6.42 Å². The van der Waals surface area contributed by atoms with Crippen LogP contribution in [0.5, 0.6) is 0 Å². The van der Waals surface area contributed by atoms with Gasteiger partial charge >= 0.3 is 0 Å². The van der Waals surface area contributed by atoms with Crippen molar-refractivity contribution in [2.75, 3.05) is 19.4 Å². The molecular weight excluding hydrogens is 370 g/mol. The van der Waals surface area contributed by atoms with Gasteiger partial charge in [-0.05, 0) is 31.1 Å². The summed E-state index contributed by atoms with van der Waals surface area (Å²) in [6.07, 6.45) is 0.231. The number of carbonyl (C=O) groups excluding carboxylic acids is 2. The van der Waals surface area contributed by atoms with Crippen molar-refractivity contribution in [2.45, 2.75) is 45.3 Å². The van der Waals surface area contributed by atoms with Crippen molar-refractivity contribution < 1.29 is 27.9 Å². The highest BCUT2D eigenvalue weighted by molar-refractivity contribution is 7.96. The van der Waals surface area contributed by atoms with Crippen LogP contribution in [0.1, 0.15) is 33.6 Å². The minimum atomic E-state index is -3.86. The van der Waals surface area contributed by atoms with Crippen LogP contribution in [-0.4, -0.2) is 56.2 Å². The summed E-state index contributed by atoms with van der Waals surface area (Å²) in [5.41, 5.74) is -1.24. The van der Waals surface area contributed by atoms with E-state index in [2.05, 4.69) is 5.32 Å². The Morgan fingerprint density at radius 3 is 2.48 bits per heavy atom. The van der Waals surface area contributed by atoms with E-state index in [1.807, 2.05) is 20.8 Å². The van der Waals surface area contributed by atoms with Crippen molar-refractivity contribution in [1.29, 1.82) is 0 Å². The Kier molecular flexibility index (Phi) is 3.85. The number of Topliss-reactive ketones (excluding diaryl/α,β-unsaturated/α-hetero) is 2. The summed E-state index contributed by atoms with van der Waals surface area (Å²) in [6, 6.07) is 0. The molecule has 1 saturated carbocycles. The Morgan fingerprint density at radius 1 is 1.19 bits per heavy atom. The fourth-order valence-corrected chi connectivity index (χ4v) is 7.12. The van der Waals surface area contributed by atoms with Gasteiger partial charge < -0.3 is 15.2 Å². The van der Waals surface area contributed by atoms with E-state index in [9.17, 15) is 23.1 Å². The molecule has 0 amide bonds. The predicted molar refractivity (Wildman–Crippen MR) is 97.3 cm³/mol. The van der Waals surface area contributed by atoms with Crippen LogP contribution in [0.3, 0.4) is 0 Å². The summed E-state index contributed by atoms with van der Waals surface area (Å²) >= 11 is 0. The summed E-state index contributed by atoms with van der Waals surface area (Å²) in [4.78, 5) is 26.0. The van der Waals surface area contributed by atoms with Crippen LogP contribution in [0.2, 0.25) is 0 Å². The average Bonchev–Trinajstić information content (AvgIpc) is 2.94. The molecular formula is C19H25NO6S. The van der Waals surface area contributed by atoms with Crippen molar-refractivity contribution in [1.82, 2.24) is 5.32 Å². The lowest BCUT2D eigenvalue weighted by Crippen LogP contribution is -2.55. The largest absolute Gasteiger partial charge is 0.388 e. The molecule has 0 aromatic heterocycles. The summed E-state index contributed by atoms with van der Waals surface area (Å²) in [5.74, 6) is -1.88. The molecule has 3 aliphatic carbocycles. The second-order valence-electron chi connectivity index (χ2n) is 8.75. The Morgan fingerprint density at radius 2 is 1.85 bits per heavy atom. The second-order valence-corrected chi connectivity index (χ2v) is 10.8. The quantitative estimate of drug-likeness (QED) is 0.622. The molecule has 2 N–H and O–H groups in total. The molecule has 0 bridgehead atoms. The number of carbonyl (C=O) groups is 2. The number of hydrogen-bond donors (Lipinski definition) is 2. The average molecular weight is 395 g/mol. The summed E-state index contributed by atoms with van der Waals surface area (Å²) in [7, 11) is -2.28. The van der Waals surface area contributed by atoms with Crippen molar-refractivity contribution in [2.24, 2.45) is 17.3 Å². The van der Waals surface area contributed by atoms with Crippen LogP contribution in [0.4, 0.5) is 0 Å². The van der Waals surface area contributed by atoms with Gasteiger partial charge in [0.05, 0.1) is 17.5 Å². The van der Waals surface area contributed by atoms with E-state index in [1.165, 1.54) is 0 Å². The zero-order chi connectivity index (χ0) is 19.9. The van der Waals surface area contributed by atoms with E-state index in [0.29, 0.717) is 6.42 Å². The number of allylic oxidation sites excluding steroid dienone is 2. The zero-order valence-corrected chi connectivity index (χ0v) is 16.8. The molecule has 4 rings (SSSR count). The number of hydrogen-bond acceptors (Lipinski definition) is 7. The topological polar surface area (TPSA) is 110 Å². The van der Waals surface area contributed by atoms with Crippen molar-refractivity contribution in [3.05, 3.63) is 21.7 Å². The lowest BCUT2D eigenvalue weighted by Gasteiger charge is -2.50. The van der Waals surface area contributed by atoms with Gasteiger partial charge in [-0.1, -0.05) is 13.8 Å². The number of ether oxygens (including phenoxy) is 1. The Hall–Kier alpha value is -1.51. The molecule has 0 aromatic carbocycles. The highest BCUT2D eigenvalue weighted by atomic mass is 32.2. The van der Waals surface area contributed by atoms with E-state index in [4.69, 9.17) is 4.74 Å². The van der Waals surface area contributed by atoms with Gasteiger partial charge in [0.2, 0.25) is 11.6 Å². The van der Waals surface area contributed by atoms with Crippen LogP contribution in [0.15, 0.2) is 21.7 Å². The van der Waals surface area contributed by atoms with Gasteiger partial charge in [0.25, 0.3) is 0 Å². The third-order valence-corrected chi connectivity index (χ3v) is 8.90. The molecule has 0 radical (unpaired) electrons. The Balaban J connectivity index is 1.95. The first-order valence-electron chi connectivity index (χ1n) is 9.25. The van der Waals surface area contributed by atoms with E-state index in [1.54, 1.807) is 7.11 Å². The molecule has 148 valence electrons. The molecule has 0 saturated heterocycles. The van der Waals surface area contributed by atoms with Gasteiger partial charge in [-0.15, -0.1) is 0 Å². The lowest BCUT2D eigenvalue weighted by atomic mass is 9.56. The number of aliphatic hydroxyl groups is 1. The summed E-state index contributed by atoms with van der Waals surface area (Å²) in [5, 5.41) is 14.0. The van der Waals surface area contributed by atoms with Crippen LogP contribution in [0, 0.1) is 17.3 Å². The maximum Gasteiger partial charge on any atom is 0.207 e. The predicted octanol–water partition coefficient (Wildman–Crippen LogP) is 0.496. The van der Waals surface area contributed by atoms with Crippen LogP contribution < -0.4 is 5.32 Å². The summed E-state index contributed by atoms with van der Waals surface area (Å²) < 4.78 is 30.8. The maximum atomic E-state index is 13.3. The summed E-state index contributed by atoms with van der Waals surface area (Å²) in [6.45, 7) is 5.81. The van der Waals surface area contributed by atoms with E-state index >= 15 is 0 Å². The third-order valence-electron chi connectivity index (χ3n) is 7.15. The fraction of sp³-hybridized carbons (Fsp3) is 0.684. The molecule has 0 aromatic rings. The van der Waals surface area contributed by atoms with Gasteiger partial charge in [0.1, 0.15) is 10.6 Å². The standard InChI is InChI=1S/C19H25NO6S/c1-18(2)9-5-6-19(3,26-4)11(9)14(21)10-12(18)16(23)13-17(15(10)22)27(24,25)8-7-20-13/h9,11,14,20-21H,5-8H2,1-4H3.